The molecule has 4 aliphatic carbocycles. The van der Waals surface area contributed by atoms with E-state index in [0.29, 0.717) is 17.8 Å². The topological polar surface area (TPSA) is 74.1 Å². The third-order valence-corrected chi connectivity index (χ3v) is 11.0. The summed E-state index contributed by atoms with van der Waals surface area (Å²) in [5, 5.41) is 31.0. The second-order valence-electron chi connectivity index (χ2n) is 12.2. The number of aliphatic hydroxyl groups excluding tert-OH is 1. The molecule has 0 aromatic heterocycles. The summed E-state index contributed by atoms with van der Waals surface area (Å²) in [5.74, 6) is 1.80. The van der Waals surface area contributed by atoms with E-state index in [1.165, 1.54) is 0 Å². The summed E-state index contributed by atoms with van der Waals surface area (Å²) >= 11 is 0. The van der Waals surface area contributed by atoms with Crippen LogP contribution in [0, 0.1) is 34.0 Å². The average molecular weight is 419 g/mol. The van der Waals surface area contributed by atoms with Crippen LogP contribution in [0.2, 0.25) is 0 Å². The van der Waals surface area contributed by atoms with E-state index in [1.807, 2.05) is 0 Å². The lowest BCUT2D eigenvalue weighted by Crippen LogP contribution is -2.69. The van der Waals surface area contributed by atoms with Gasteiger partial charge in [0.05, 0.1) is 17.4 Å². The molecule has 5 aliphatic rings. The third-order valence-electron chi connectivity index (χ3n) is 11.0. The number of nitrogens with one attached hydrogen (secondary N) is 1. The Hall–Kier alpha value is -0.650. The molecular weight excluding hydrogens is 376 g/mol. The summed E-state index contributed by atoms with van der Waals surface area (Å²) < 4.78 is 0. The first-order chi connectivity index (χ1) is 14.1. The lowest BCUT2D eigenvalue weighted by molar-refractivity contribution is -0.230. The van der Waals surface area contributed by atoms with Gasteiger partial charge in [0, 0.05) is 23.8 Å². The highest BCUT2D eigenvalue weighted by Crippen LogP contribution is 2.69. The molecule has 3 N–H and O–H groups in total. The van der Waals surface area contributed by atoms with Crippen molar-refractivity contribution in [1.29, 1.82) is 0 Å². The molecule has 5 fully saturated rings. The number of rotatable bonds is 2. The Kier molecular flexibility index (Phi) is 4.89. The average Bonchev–Trinajstić information content (AvgIpc) is 3.32. The molecule has 4 saturated carbocycles. The molecule has 5 nitrogen and oxygen atoms in total. The van der Waals surface area contributed by atoms with E-state index in [2.05, 4.69) is 38.2 Å². The number of hydrogen-bond donors (Lipinski definition) is 3. The molecule has 30 heavy (non-hydrogen) atoms. The highest BCUT2D eigenvalue weighted by Gasteiger charge is 2.69. The van der Waals surface area contributed by atoms with Crippen LogP contribution in [0.15, 0.2) is 5.16 Å². The van der Waals surface area contributed by atoms with Crippen LogP contribution in [0.4, 0.5) is 0 Å². The van der Waals surface area contributed by atoms with Crippen molar-refractivity contribution in [2.24, 2.45) is 39.2 Å². The first kappa shape index (κ1) is 21.2. The van der Waals surface area contributed by atoms with Gasteiger partial charge < -0.3 is 20.4 Å². The Morgan fingerprint density at radius 2 is 1.77 bits per heavy atom. The van der Waals surface area contributed by atoms with Crippen LogP contribution in [0.3, 0.4) is 0 Å². The zero-order chi connectivity index (χ0) is 21.4. The van der Waals surface area contributed by atoms with Gasteiger partial charge in [-0.1, -0.05) is 32.9 Å². The minimum absolute atomic E-state index is 0.0902. The Bertz CT molecular complexity index is 717. The summed E-state index contributed by atoms with van der Waals surface area (Å²) in [6.45, 7) is 11.0. The maximum atomic E-state index is 12.3. The van der Waals surface area contributed by atoms with Crippen molar-refractivity contribution in [3.8, 4) is 0 Å². The standard InChI is InChI=1S/C25H42N2O3/c1-22(2)20(27-30-16-10-14-26-15-16)9-12-24(4)19-8-11-23(3)18(5-6-21(23)28)17(19)7-13-25(22,24)29/h16-19,21,26,28-29H,5-15H2,1-4H3/b27-20+/t16-,17+,18+,19+,21+,23+,24-,25-/m1/s1. The van der Waals surface area contributed by atoms with Crippen molar-refractivity contribution in [3.05, 3.63) is 0 Å². The molecule has 0 spiro atoms. The maximum absolute atomic E-state index is 12.3. The van der Waals surface area contributed by atoms with Crippen LogP contribution in [0.1, 0.15) is 85.5 Å². The summed E-state index contributed by atoms with van der Waals surface area (Å²) in [4.78, 5) is 5.91. The molecule has 0 amide bonds. The normalized spacial score (nSPS) is 53.8. The van der Waals surface area contributed by atoms with Crippen LogP contribution in [0.5, 0.6) is 0 Å². The second kappa shape index (κ2) is 6.92. The van der Waals surface area contributed by atoms with Gasteiger partial charge in [-0.25, -0.2) is 0 Å². The Labute approximate surface area is 182 Å². The van der Waals surface area contributed by atoms with Gasteiger partial charge in [-0.15, -0.1) is 0 Å². The highest BCUT2D eigenvalue weighted by molar-refractivity contribution is 5.91. The van der Waals surface area contributed by atoms with Crippen LogP contribution in [-0.4, -0.2) is 46.8 Å². The largest absolute Gasteiger partial charge is 0.393 e. The summed E-state index contributed by atoms with van der Waals surface area (Å²) in [6.07, 6.45) is 9.22. The molecule has 0 aromatic rings. The number of oxime groups is 1. The smallest absolute Gasteiger partial charge is 0.141 e. The van der Waals surface area contributed by atoms with Crippen LogP contribution < -0.4 is 5.32 Å². The molecular formula is C25H42N2O3. The fraction of sp³-hybridized carbons (Fsp3) is 0.960. The Morgan fingerprint density at radius 3 is 2.50 bits per heavy atom. The van der Waals surface area contributed by atoms with Gasteiger partial charge in [0.1, 0.15) is 6.10 Å². The van der Waals surface area contributed by atoms with Crippen molar-refractivity contribution in [1.82, 2.24) is 5.32 Å². The van der Waals surface area contributed by atoms with E-state index < -0.39 is 5.60 Å². The van der Waals surface area contributed by atoms with Crippen molar-refractivity contribution in [3.63, 3.8) is 0 Å². The van der Waals surface area contributed by atoms with Gasteiger partial charge in [-0.3, -0.25) is 0 Å². The molecule has 8 atom stereocenters. The zero-order valence-electron chi connectivity index (χ0n) is 19.4. The van der Waals surface area contributed by atoms with E-state index in [1.54, 1.807) is 0 Å². The lowest BCUT2D eigenvalue weighted by atomic mass is 9.39. The molecule has 5 heteroatoms. The third kappa shape index (κ3) is 2.67. The van der Waals surface area contributed by atoms with Gasteiger partial charge in [-0.2, -0.15) is 0 Å². The van der Waals surface area contributed by atoms with E-state index in [9.17, 15) is 10.2 Å². The van der Waals surface area contributed by atoms with Gasteiger partial charge in [-0.05, 0) is 81.1 Å². The first-order valence-corrected chi connectivity index (χ1v) is 12.5. The van der Waals surface area contributed by atoms with E-state index in [-0.39, 0.29) is 28.5 Å². The number of hydrogen-bond acceptors (Lipinski definition) is 5. The minimum atomic E-state index is -0.750. The molecule has 170 valence electrons. The number of aliphatic hydroxyl groups is 2. The van der Waals surface area contributed by atoms with Crippen molar-refractivity contribution in [2.75, 3.05) is 13.1 Å². The Morgan fingerprint density at radius 1 is 0.967 bits per heavy atom. The molecule has 5 rings (SSSR count). The molecule has 0 unspecified atom stereocenters. The molecule has 1 heterocycles. The molecule has 1 saturated heterocycles. The summed E-state index contributed by atoms with van der Waals surface area (Å²) in [7, 11) is 0. The lowest BCUT2D eigenvalue weighted by Gasteiger charge is -2.67. The van der Waals surface area contributed by atoms with Gasteiger partial charge in [0.2, 0.25) is 0 Å². The van der Waals surface area contributed by atoms with Gasteiger partial charge in [0.25, 0.3) is 0 Å². The molecule has 0 bridgehead atoms. The predicted octanol–water partition coefficient (Wildman–Crippen LogP) is 3.88. The van der Waals surface area contributed by atoms with Gasteiger partial charge >= 0.3 is 0 Å². The number of nitrogens with zero attached hydrogens (tertiary/aromatic N) is 1. The quantitative estimate of drug-likeness (QED) is 0.595. The summed E-state index contributed by atoms with van der Waals surface area (Å²) in [5.41, 5.74) is -0.0902. The Balaban J connectivity index is 1.43. The number of fused-ring (bicyclic) bond motifs is 5. The van der Waals surface area contributed by atoms with E-state index in [0.717, 1.165) is 76.6 Å². The van der Waals surface area contributed by atoms with Crippen LogP contribution in [-0.2, 0) is 4.84 Å². The van der Waals surface area contributed by atoms with Crippen LogP contribution >= 0.6 is 0 Å². The molecule has 0 radical (unpaired) electrons. The van der Waals surface area contributed by atoms with Crippen molar-refractivity contribution in [2.45, 2.75) is 103 Å². The molecule has 0 aromatic carbocycles. The van der Waals surface area contributed by atoms with E-state index >= 15 is 0 Å². The van der Waals surface area contributed by atoms with Crippen molar-refractivity contribution < 1.29 is 15.1 Å². The van der Waals surface area contributed by atoms with Gasteiger partial charge in [0.15, 0.2) is 0 Å². The summed E-state index contributed by atoms with van der Waals surface area (Å²) in [6, 6.07) is 0. The van der Waals surface area contributed by atoms with Crippen molar-refractivity contribution >= 4 is 5.71 Å². The fourth-order valence-corrected chi connectivity index (χ4v) is 8.79. The SMILES string of the molecule is CC1(C)/C(=N/O[C@@H]2CCNC2)CC[C@]2(C)[C@H]3CC[C@]4(C)[C@@H](O)CC[C@H]4[C@@H]3CC[C@@]12O. The second-order valence-corrected chi connectivity index (χ2v) is 12.2. The predicted molar refractivity (Wildman–Crippen MR) is 118 cm³/mol. The fourth-order valence-electron chi connectivity index (χ4n) is 8.79. The zero-order valence-corrected chi connectivity index (χ0v) is 19.4. The first-order valence-electron chi connectivity index (χ1n) is 12.5. The maximum Gasteiger partial charge on any atom is 0.141 e. The van der Waals surface area contributed by atoms with E-state index in [4.69, 9.17) is 4.84 Å². The minimum Gasteiger partial charge on any atom is -0.393 e. The monoisotopic (exact) mass is 418 g/mol. The highest BCUT2D eigenvalue weighted by atomic mass is 16.6. The van der Waals surface area contributed by atoms with Crippen LogP contribution in [0.25, 0.3) is 0 Å². The molecule has 1 aliphatic heterocycles.